The fourth-order valence-electron chi connectivity index (χ4n) is 1.75. The summed E-state index contributed by atoms with van der Waals surface area (Å²) in [6.45, 7) is 2.14. The number of amides is 2. The lowest BCUT2D eigenvalue weighted by atomic mass is 10.2. The van der Waals surface area contributed by atoms with E-state index in [0.717, 1.165) is 19.4 Å². The number of carboxylic acid groups (broad SMARTS) is 1. The summed E-state index contributed by atoms with van der Waals surface area (Å²) < 4.78 is 0. The molecule has 1 aliphatic heterocycles. The highest BCUT2D eigenvalue weighted by atomic mass is 32.1. The van der Waals surface area contributed by atoms with Gasteiger partial charge in [-0.15, -0.1) is 0 Å². The molecule has 3 atom stereocenters. The average Bonchev–Trinajstić information content (AvgIpc) is 2.88. The van der Waals surface area contributed by atoms with Crippen molar-refractivity contribution in [3.8, 4) is 0 Å². The SMILES string of the molecule is CC(NC(=O)C(CS)NC(=O)C1CCCN1)C(=O)O. The Kier molecular flexibility index (Phi) is 6.10. The van der Waals surface area contributed by atoms with Gasteiger partial charge >= 0.3 is 5.97 Å². The average molecular weight is 289 g/mol. The molecule has 0 bridgehead atoms. The molecule has 2 amide bonds. The largest absolute Gasteiger partial charge is 0.480 e. The molecule has 8 heteroatoms. The predicted molar refractivity (Wildman–Crippen MR) is 72.0 cm³/mol. The Labute approximate surface area is 116 Å². The highest BCUT2D eigenvalue weighted by Crippen LogP contribution is 2.05. The minimum absolute atomic E-state index is 0.108. The Morgan fingerprint density at radius 1 is 1.42 bits per heavy atom. The molecule has 0 radical (unpaired) electrons. The van der Waals surface area contributed by atoms with E-state index in [9.17, 15) is 14.4 Å². The van der Waals surface area contributed by atoms with Crippen LogP contribution in [0.1, 0.15) is 19.8 Å². The summed E-state index contributed by atoms with van der Waals surface area (Å²) in [7, 11) is 0. The molecular weight excluding hydrogens is 270 g/mol. The van der Waals surface area contributed by atoms with Crippen molar-refractivity contribution >= 4 is 30.4 Å². The van der Waals surface area contributed by atoms with Crippen molar-refractivity contribution in [2.24, 2.45) is 0 Å². The fraction of sp³-hybridized carbons (Fsp3) is 0.727. The van der Waals surface area contributed by atoms with Crippen LogP contribution in [0, 0.1) is 0 Å². The van der Waals surface area contributed by atoms with Crippen LogP contribution in [-0.4, -0.2) is 53.3 Å². The van der Waals surface area contributed by atoms with Gasteiger partial charge in [-0.25, -0.2) is 0 Å². The molecule has 0 aliphatic carbocycles. The molecule has 4 N–H and O–H groups in total. The van der Waals surface area contributed by atoms with Gasteiger partial charge in [0.1, 0.15) is 12.1 Å². The molecule has 0 aromatic carbocycles. The second-order valence-corrected chi connectivity index (χ2v) is 4.83. The molecule has 1 fully saturated rings. The molecule has 0 aromatic heterocycles. The van der Waals surface area contributed by atoms with Crippen LogP contribution in [-0.2, 0) is 14.4 Å². The first-order chi connectivity index (χ1) is 8.95. The van der Waals surface area contributed by atoms with Gasteiger partial charge in [0.15, 0.2) is 0 Å². The van der Waals surface area contributed by atoms with E-state index in [1.54, 1.807) is 0 Å². The van der Waals surface area contributed by atoms with Crippen molar-refractivity contribution in [2.75, 3.05) is 12.3 Å². The monoisotopic (exact) mass is 289 g/mol. The van der Waals surface area contributed by atoms with E-state index >= 15 is 0 Å². The minimum atomic E-state index is -1.13. The lowest BCUT2D eigenvalue weighted by Crippen LogP contribution is -2.54. The van der Waals surface area contributed by atoms with Crippen molar-refractivity contribution < 1.29 is 19.5 Å². The topological polar surface area (TPSA) is 108 Å². The summed E-state index contributed by atoms with van der Waals surface area (Å²) in [4.78, 5) is 34.3. The third-order valence-electron chi connectivity index (χ3n) is 2.92. The van der Waals surface area contributed by atoms with Crippen molar-refractivity contribution in [3.63, 3.8) is 0 Å². The molecular formula is C11H19N3O4S. The Morgan fingerprint density at radius 2 is 2.11 bits per heavy atom. The highest BCUT2D eigenvalue weighted by Gasteiger charge is 2.27. The zero-order valence-corrected chi connectivity index (χ0v) is 11.6. The number of carbonyl (C=O) groups is 3. The number of rotatable bonds is 6. The van der Waals surface area contributed by atoms with Crippen LogP contribution in [0.5, 0.6) is 0 Å². The first-order valence-corrected chi connectivity index (χ1v) is 6.76. The van der Waals surface area contributed by atoms with Gasteiger partial charge in [-0.1, -0.05) is 0 Å². The number of hydrogen-bond acceptors (Lipinski definition) is 5. The summed E-state index contributed by atoms with van der Waals surface area (Å²) >= 11 is 4.00. The summed E-state index contributed by atoms with van der Waals surface area (Å²) in [6, 6.07) is -2.12. The molecule has 1 heterocycles. The molecule has 108 valence electrons. The smallest absolute Gasteiger partial charge is 0.325 e. The van der Waals surface area contributed by atoms with Crippen LogP contribution in [0.3, 0.4) is 0 Å². The highest BCUT2D eigenvalue weighted by molar-refractivity contribution is 7.80. The van der Waals surface area contributed by atoms with Crippen molar-refractivity contribution in [1.82, 2.24) is 16.0 Å². The molecule has 1 saturated heterocycles. The summed E-state index contributed by atoms with van der Waals surface area (Å²) in [5, 5.41) is 16.6. The van der Waals surface area contributed by atoms with Gasteiger partial charge in [-0.2, -0.15) is 12.6 Å². The minimum Gasteiger partial charge on any atom is -0.480 e. The molecule has 7 nitrogen and oxygen atoms in total. The summed E-state index contributed by atoms with van der Waals surface area (Å²) in [5.41, 5.74) is 0. The number of nitrogens with one attached hydrogen (secondary N) is 3. The van der Waals surface area contributed by atoms with Crippen LogP contribution in [0.4, 0.5) is 0 Å². The standard InChI is InChI=1S/C11H19N3O4S/c1-6(11(17)18)13-10(16)8(5-19)14-9(15)7-3-2-4-12-7/h6-8,12,19H,2-5H2,1H3,(H,13,16)(H,14,15)(H,17,18). The molecule has 1 aliphatic rings. The third-order valence-corrected chi connectivity index (χ3v) is 3.29. The Morgan fingerprint density at radius 3 is 2.58 bits per heavy atom. The molecule has 0 saturated carbocycles. The lowest BCUT2D eigenvalue weighted by molar-refractivity contribution is -0.141. The van der Waals surface area contributed by atoms with Gasteiger partial charge in [0.2, 0.25) is 11.8 Å². The maximum atomic E-state index is 11.8. The van der Waals surface area contributed by atoms with E-state index in [0.29, 0.717) is 0 Å². The number of aliphatic carboxylic acids is 1. The van der Waals surface area contributed by atoms with E-state index in [-0.39, 0.29) is 17.7 Å². The van der Waals surface area contributed by atoms with Gasteiger partial charge in [-0.05, 0) is 26.3 Å². The molecule has 3 unspecified atom stereocenters. The van der Waals surface area contributed by atoms with Crippen molar-refractivity contribution in [2.45, 2.75) is 37.9 Å². The first-order valence-electron chi connectivity index (χ1n) is 6.13. The Balaban J connectivity index is 2.49. The molecule has 19 heavy (non-hydrogen) atoms. The van der Waals surface area contributed by atoms with Crippen molar-refractivity contribution in [1.29, 1.82) is 0 Å². The third kappa shape index (κ3) is 4.71. The van der Waals surface area contributed by atoms with E-state index in [1.165, 1.54) is 6.92 Å². The van der Waals surface area contributed by atoms with Crippen LogP contribution in [0.15, 0.2) is 0 Å². The second-order valence-electron chi connectivity index (χ2n) is 4.46. The molecule has 0 aromatic rings. The number of hydrogen-bond donors (Lipinski definition) is 5. The van der Waals surface area contributed by atoms with E-state index in [2.05, 4.69) is 28.6 Å². The van der Waals surface area contributed by atoms with Crippen LogP contribution >= 0.6 is 12.6 Å². The molecule has 0 spiro atoms. The zero-order valence-electron chi connectivity index (χ0n) is 10.7. The summed E-state index contributed by atoms with van der Waals surface area (Å²) in [6.07, 6.45) is 1.66. The van der Waals surface area contributed by atoms with Gasteiger partial charge in [0.05, 0.1) is 6.04 Å². The Bertz CT molecular complexity index is 358. The zero-order chi connectivity index (χ0) is 14.4. The lowest BCUT2D eigenvalue weighted by Gasteiger charge is -2.20. The van der Waals surface area contributed by atoms with Gasteiger partial charge < -0.3 is 21.1 Å². The second kappa shape index (κ2) is 7.34. The maximum Gasteiger partial charge on any atom is 0.325 e. The van der Waals surface area contributed by atoms with Gasteiger partial charge in [0.25, 0.3) is 0 Å². The van der Waals surface area contributed by atoms with E-state index in [4.69, 9.17) is 5.11 Å². The summed E-state index contributed by atoms with van der Waals surface area (Å²) in [5.74, 6) is -1.82. The van der Waals surface area contributed by atoms with E-state index < -0.39 is 24.0 Å². The van der Waals surface area contributed by atoms with Crippen LogP contribution in [0.25, 0.3) is 0 Å². The number of carboxylic acids is 1. The maximum absolute atomic E-state index is 11.8. The van der Waals surface area contributed by atoms with Gasteiger partial charge in [0, 0.05) is 5.75 Å². The Hall–Kier alpha value is -1.28. The van der Waals surface area contributed by atoms with E-state index in [1.807, 2.05) is 0 Å². The number of carbonyl (C=O) groups excluding carboxylic acids is 2. The normalized spacial score (nSPS) is 21.5. The molecule has 1 rings (SSSR count). The van der Waals surface area contributed by atoms with Gasteiger partial charge in [-0.3, -0.25) is 14.4 Å². The van der Waals surface area contributed by atoms with Crippen LogP contribution < -0.4 is 16.0 Å². The predicted octanol–water partition coefficient (Wildman–Crippen LogP) is -1.26. The number of thiol groups is 1. The van der Waals surface area contributed by atoms with Crippen molar-refractivity contribution in [3.05, 3.63) is 0 Å². The first kappa shape index (κ1) is 15.8. The van der Waals surface area contributed by atoms with Crippen LogP contribution in [0.2, 0.25) is 0 Å². The fourth-order valence-corrected chi connectivity index (χ4v) is 2.01. The quantitative estimate of drug-likeness (QED) is 0.392.